The molecular formula is C24H22N2O2S. The number of ketones is 1. The van der Waals surface area contributed by atoms with E-state index >= 15 is 0 Å². The maximum absolute atomic E-state index is 13.4. The minimum absolute atomic E-state index is 0.128. The topological polar surface area (TPSA) is 50.4 Å². The summed E-state index contributed by atoms with van der Waals surface area (Å²) in [6.07, 6.45) is 1.33. The highest BCUT2D eigenvalue weighted by Crippen LogP contribution is 2.44. The van der Waals surface area contributed by atoms with Crippen molar-refractivity contribution in [3.05, 3.63) is 87.8 Å². The third-order valence-electron chi connectivity index (χ3n) is 5.77. The molecule has 5 rings (SSSR count). The van der Waals surface area contributed by atoms with Gasteiger partial charge < -0.3 is 15.4 Å². The van der Waals surface area contributed by atoms with Gasteiger partial charge in [-0.25, -0.2) is 0 Å². The second-order valence-electron chi connectivity index (χ2n) is 7.50. The number of para-hydroxylation sites is 2. The number of thiophene rings is 1. The molecule has 0 amide bonds. The molecule has 146 valence electrons. The molecule has 5 heteroatoms. The van der Waals surface area contributed by atoms with Crippen LogP contribution in [0.25, 0.3) is 0 Å². The number of hydrogen-bond acceptors (Lipinski definition) is 5. The number of anilines is 2. The highest BCUT2D eigenvalue weighted by atomic mass is 32.1. The van der Waals surface area contributed by atoms with Crippen molar-refractivity contribution in [1.82, 2.24) is 0 Å². The molecule has 29 heavy (non-hydrogen) atoms. The van der Waals surface area contributed by atoms with Gasteiger partial charge in [-0.2, -0.15) is 11.3 Å². The third-order valence-corrected chi connectivity index (χ3v) is 6.47. The maximum atomic E-state index is 13.4. The van der Waals surface area contributed by atoms with Gasteiger partial charge in [0.1, 0.15) is 5.75 Å². The van der Waals surface area contributed by atoms with E-state index in [4.69, 9.17) is 4.74 Å². The zero-order chi connectivity index (χ0) is 19.8. The van der Waals surface area contributed by atoms with Gasteiger partial charge in [0, 0.05) is 17.7 Å². The van der Waals surface area contributed by atoms with E-state index < -0.39 is 0 Å². The van der Waals surface area contributed by atoms with E-state index in [1.807, 2.05) is 24.3 Å². The first-order valence-corrected chi connectivity index (χ1v) is 10.7. The van der Waals surface area contributed by atoms with Crippen molar-refractivity contribution in [2.45, 2.75) is 24.8 Å². The first-order valence-electron chi connectivity index (χ1n) is 9.78. The normalized spacial score (nSPS) is 20.8. The van der Waals surface area contributed by atoms with E-state index in [0.29, 0.717) is 6.42 Å². The fraction of sp³-hybridized carbons (Fsp3) is 0.208. The average molecular weight is 403 g/mol. The number of carbonyl (C=O) groups excluding carboxylic acids is 1. The molecule has 3 aromatic rings. The second kappa shape index (κ2) is 7.41. The number of rotatable bonds is 3. The van der Waals surface area contributed by atoms with Gasteiger partial charge in [-0.3, -0.25) is 4.79 Å². The predicted molar refractivity (Wildman–Crippen MR) is 118 cm³/mol. The van der Waals surface area contributed by atoms with Crippen LogP contribution in [0.15, 0.2) is 76.6 Å². The Kier molecular flexibility index (Phi) is 4.60. The molecule has 1 aromatic heterocycles. The van der Waals surface area contributed by atoms with Gasteiger partial charge >= 0.3 is 0 Å². The van der Waals surface area contributed by atoms with Crippen LogP contribution in [0.2, 0.25) is 0 Å². The Morgan fingerprint density at radius 3 is 2.48 bits per heavy atom. The fourth-order valence-corrected chi connectivity index (χ4v) is 4.98. The summed E-state index contributed by atoms with van der Waals surface area (Å²) >= 11 is 1.66. The average Bonchev–Trinajstić information content (AvgIpc) is 3.22. The second-order valence-corrected chi connectivity index (χ2v) is 8.28. The summed E-state index contributed by atoms with van der Waals surface area (Å²) in [7, 11) is 1.67. The van der Waals surface area contributed by atoms with Crippen LogP contribution < -0.4 is 15.4 Å². The van der Waals surface area contributed by atoms with Crippen LogP contribution in [0.5, 0.6) is 5.75 Å². The van der Waals surface area contributed by atoms with Gasteiger partial charge in [0.2, 0.25) is 0 Å². The third kappa shape index (κ3) is 3.32. The summed E-state index contributed by atoms with van der Waals surface area (Å²) in [5, 5.41) is 11.4. The van der Waals surface area contributed by atoms with Crippen molar-refractivity contribution in [2.24, 2.45) is 0 Å². The molecule has 1 aliphatic heterocycles. The van der Waals surface area contributed by atoms with Crippen LogP contribution in [0.1, 0.15) is 35.9 Å². The van der Waals surface area contributed by atoms with Gasteiger partial charge in [-0.1, -0.05) is 24.3 Å². The van der Waals surface area contributed by atoms with Crippen molar-refractivity contribution in [3.63, 3.8) is 0 Å². The van der Waals surface area contributed by atoms with Crippen LogP contribution in [-0.2, 0) is 4.79 Å². The lowest BCUT2D eigenvalue weighted by Gasteiger charge is -2.29. The maximum Gasteiger partial charge on any atom is 0.163 e. The number of methoxy groups -OCH3 is 1. The summed E-state index contributed by atoms with van der Waals surface area (Å²) in [4.78, 5) is 13.4. The van der Waals surface area contributed by atoms with E-state index in [2.05, 4.69) is 51.7 Å². The lowest BCUT2D eigenvalue weighted by Crippen LogP contribution is -2.26. The van der Waals surface area contributed by atoms with E-state index in [9.17, 15) is 4.79 Å². The van der Waals surface area contributed by atoms with E-state index in [1.54, 1.807) is 18.4 Å². The Morgan fingerprint density at radius 1 is 0.966 bits per heavy atom. The molecule has 1 aliphatic carbocycles. The number of carbonyl (C=O) groups is 1. The number of fused-ring (bicyclic) bond motifs is 1. The smallest absolute Gasteiger partial charge is 0.163 e. The Balaban J connectivity index is 1.56. The molecule has 2 atom stereocenters. The van der Waals surface area contributed by atoms with Gasteiger partial charge in [-0.15, -0.1) is 0 Å². The number of ether oxygens (including phenoxy) is 1. The molecule has 0 unspecified atom stereocenters. The molecule has 0 radical (unpaired) electrons. The van der Waals surface area contributed by atoms with Crippen molar-refractivity contribution >= 4 is 28.5 Å². The Morgan fingerprint density at radius 2 is 1.76 bits per heavy atom. The van der Waals surface area contributed by atoms with E-state index in [0.717, 1.165) is 40.4 Å². The number of hydrogen-bond donors (Lipinski definition) is 2. The van der Waals surface area contributed by atoms with Crippen molar-refractivity contribution in [2.75, 3.05) is 17.7 Å². The molecular weight excluding hydrogens is 380 g/mol. The van der Waals surface area contributed by atoms with Crippen molar-refractivity contribution in [3.8, 4) is 5.75 Å². The molecule has 2 aromatic carbocycles. The minimum Gasteiger partial charge on any atom is -0.497 e. The molecule has 2 heterocycles. The lowest BCUT2D eigenvalue weighted by molar-refractivity contribution is -0.116. The SMILES string of the molecule is COc1ccc([C@@H]2CC(=O)C3=C(C2)Nc2ccccc2N[C@@H]3c2ccsc2)cc1. The summed E-state index contributed by atoms with van der Waals surface area (Å²) < 4.78 is 5.28. The highest BCUT2D eigenvalue weighted by molar-refractivity contribution is 7.08. The van der Waals surface area contributed by atoms with E-state index in [-0.39, 0.29) is 17.7 Å². The van der Waals surface area contributed by atoms with E-state index in [1.165, 1.54) is 5.56 Å². The quantitative estimate of drug-likeness (QED) is 0.587. The van der Waals surface area contributed by atoms with Gasteiger partial charge in [0.15, 0.2) is 5.78 Å². The van der Waals surface area contributed by atoms with Crippen LogP contribution >= 0.6 is 11.3 Å². The molecule has 0 bridgehead atoms. The summed E-state index contributed by atoms with van der Waals surface area (Å²) in [6, 6.07) is 18.2. The van der Waals surface area contributed by atoms with Crippen LogP contribution in [0.3, 0.4) is 0 Å². The van der Waals surface area contributed by atoms with Gasteiger partial charge in [0.25, 0.3) is 0 Å². The van der Waals surface area contributed by atoms with Crippen LogP contribution in [0, 0.1) is 0 Å². The van der Waals surface area contributed by atoms with Gasteiger partial charge in [-0.05, 0) is 64.6 Å². The zero-order valence-corrected chi connectivity index (χ0v) is 17.0. The molecule has 0 fully saturated rings. The molecule has 0 saturated carbocycles. The summed E-state index contributed by atoms with van der Waals surface area (Å²) in [6.45, 7) is 0. The first-order chi connectivity index (χ1) is 14.2. The molecule has 2 aliphatic rings. The van der Waals surface area contributed by atoms with Crippen molar-refractivity contribution < 1.29 is 9.53 Å². The summed E-state index contributed by atoms with van der Waals surface area (Å²) in [5.41, 5.74) is 6.23. The number of nitrogens with one attached hydrogen (secondary N) is 2. The fourth-order valence-electron chi connectivity index (χ4n) is 4.29. The zero-order valence-electron chi connectivity index (χ0n) is 16.1. The first kappa shape index (κ1) is 18.0. The van der Waals surface area contributed by atoms with Crippen LogP contribution in [-0.4, -0.2) is 12.9 Å². The predicted octanol–water partition coefficient (Wildman–Crippen LogP) is 5.74. The minimum atomic E-state index is -0.128. The lowest BCUT2D eigenvalue weighted by atomic mass is 9.79. The Labute approximate surface area is 174 Å². The van der Waals surface area contributed by atoms with Crippen LogP contribution in [0.4, 0.5) is 11.4 Å². The Bertz CT molecular complexity index is 1070. The number of Topliss-reactive ketones (excluding diaryl/α,β-unsaturated/α-hetero) is 1. The largest absolute Gasteiger partial charge is 0.497 e. The monoisotopic (exact) mass is 402 g/mol. The Hall–Kier alpha value is -3.05. The molecule has 2 N–H and O–H groups in total. The summed E-state index contributed by atoms with van der Waals surface area (Å²) in [5.74, 6) is 1.20. The molecule has 0 saturated heterocycles. The van der Waals surface area contributed by atoms with Crippen molar-refractivity contribution in [1.29, 1.82) is 0 Å². The number of allylic oxidation sites excluding steroid dienone is 1. The number of benzene rings is 2. The highest BCUT2D eigenvalue weighted by Gasteiger charge is 2.36. The standard InChI is InChI=1S/C24H22N2O2S/c1-28-18-8-6-15(7-9-18)17-12-21-23(22(27)13-17)24(16-10-11-29-14-16)26-20-5-3-2-4-19(20)25-21/h2-11,14,17,24-26H,12-13H2,1H3/t17-,24+/m0/s1. The van der Waals surface area contributed by atoms with Gasteiger partial charge in [0.05, 0.1) is 24.5 Å². The molecule has 0 spiro atoms. The molecule has 4 nitrogen and oxygen atoms in total.